The van der Waals surface area contributed by atoms with E-state index in [0.29, 0.717) is 17.4 Å². The maximum absolute atomic E-state index is 12.9. The molecule has 1 aromatic heterocycles. The first-order valence-corrected chi connectivity index (χ1v) is 11.3. The van der Waals surface area contributed by atoms with Crippen molar-refractivity contribution < 1.29 is 4.79 Å². The molecule has 33 heavy (non-hydrogen) atoms. The van der Waals surface area contributed by atoms with Crippen LogP contribution in [0, 0.1) is 5.92 Å². The molecule has 3 aromatic carbocycles. The molecule has 3 N–H and O–H groups in total. The van der Waals surface area contributed by atoms with Gasteiger partial charge < -0.3 is 10.6 Å². The molecule has 0 radical (unpaired) electrons. The molecule has 0 spiro atoms. The van der Waals surface area contributed by atoms with Crippen LogP contribution in [0.25, 0.3) is 22.2 Å². The van der Waals surface area contributed by atoms with Crippen LogP contribution >= 0.6 is 11.6 Å². The summed E-state index contributed by atoms with van der Waals surface area (Å²) < 4.78 is 0. The number of hydrogen-bond donors (Lipinski definition) is 3. The maximum Gasteiger partial charge on any atom is 0.227 e. The van der Waals surface area contributed by atoms with Crippen LogP contribution in [0.15, 0.2) is 78.9 Å². The highest BCUT2D eigenvalue weighted by atomic mass is 35.5. The number of carbonyl (C=O) groups is 1. The van der Waals surface area contributed by atoms with E-state index in [2.05, 4.69) is 20.9 Å². The van der Waals surface area contributed by atoms with Gasteiger partial charge in [0.1, 0.15) is 0 Å². The van der Waals surface area contributed by atoms with Crippen LogP contribution in [0.1, 0.15) is 12.5 Å². The summed E-state index contributed by atoms with van der Waals surface area (Å²) in [4.78, 5) is 22.3. The molecule has 166 valence electrons. The molecule has 1 fully saturated rings. The first kappa shape index (κ1) is 21.4. The van der Waals surface area contributed by atoms with Gasteiger partial charge in [-0.05, 0) is 37.1 Å². The fourth-order valence-electron chi connectivity index (χ4n) is 4.22. The maximum atomic E-state index is 12.9. The number of amides is 1. The van der Waals surface area contributed by atoms with Gasteiger partial charge in [0.25, 0.3) is 0 Å². The Morgan fingerprint density at radius 1 is 0.970 bits per heavy atom. The fraction of sp³-hybridized carbons (Fsp3) is 0.192. The highest BCUT2D eigenvalue weighted by molar-refractivity contribution is 6.31. The van der Waals surface area contributed by atoms with Gasteiger partial charge in [0.15, 0.2) is 6.29 Å². The Labute approximate surface area is 197 Å². The average Bonchev–Trinajstić information content (AvgIpc) is 2.82. The van der Waals surface area contributed by atoms with Gasteiger partial charge in [-0.15, -0.1) is 0 Å². The van der Waals surface area contributed by atoms with E-state index >= 15 is 0 Å². The first-order valence-electron chi connectivity index (χ1n) is 11.0. The third kappa shape index (κ3) is 4.67. The van der Waals surface area contributed by atoms with Crippen molar-refractivity contribution in [1.82, 2.24) is 20.6 Å². The van der Waals surface area contributed by atoms with Gasteiger partial charge in [-0.2, -0.15) is 0 Å². The van der Waals surface area contributed by atoms with Gasteiger partial charge in [0.05, 0.1) is 17.1 Å². The molecule has 4 aromatic rings. The molecule has 3 atom stereocenters. The zero-order chi connectivity index (χ0) is 22.8. The molecule has 0 saturated carbocycles. The standard InChI is InChI=1S/C26H24ClN5O/c1-16-20(14-17-8-4-2-5-9-17)24(33)31-25(28-16)32-26-29-22-13-12-19(27)15-21(22)23(30-26)18-10-6-3-7-11-18/h2-13,15-16,20,25,28H,14H2,1H3,(H,31,33)(H,29,30,32). The van der Waals surface area contributed by atoms with Gasteiger partial charge in [0, 0.05) is 22.0 Å². The lowest BCUT2D eigenvalue weighted by Crippen LogP contribution is -2.63. The van der Waals surface area contributed by atoms with Crippen LogP contribution in [0.2, 0.25) is 5.02 Å². The number of carbonyl (C=O) groups excluding carboxylic acids is 1. The summed E-state index contributed by atoms with van der Waals surface area (Å²) in [5, 5.41) is 11.2. The first-order chi connectivity index (χ1) is 16.1. The molecule has 2 heterocycles. The summed E-state index contributed by atoms with van der Waals surface area (Å²) in [6.07, 6.45) is 0.201. The van der Waals surface area contributed by atoms with Crippen LogP contribution < -0.4 is 16.0 Å². The molecule has 7 heteroatoms. The predicted octanol–water partition coefficient (Wildman–Crippen LogP) is 4.61. The van der Waals surface area contributed by atoms with E-state index in [0.717, 1.165) is 27.7 Å². The van der Waals surface area contributed by atoms with Crippen LogP contribution in [-0.4, -0.2) is 28.2 Å². The Hall–Kier alpha value is -3.48. The number of anilines is 1. The molecule has 1 amide bonds. The monoisotopic (exact) mass is 457 g/mol. The largest absolute Gasteiger partial charge is 0.323 e. The number of nitrogens with one attached hydrogen (secondary N) is 3. The number of nitrogens with zero attached hydrogens (tertiary/aromatic N) is 2. The van der Waals surface area contributed by atoms with Crippen molar-refractivity contribution in [2.75, 3.05) is 5.32 Å². The zero-order valence-electron chi connectivity index (χ0n) is 18.1. The molecule has 6 nitrogen and oxygen atoms in total. The zero-order valence-corrected chi connectivity index (χ0v) is 18.9. The minimum Gasteiger partial charge on any atom is -0.323 e. The van der Waals surface area contributed by atoms with Crippen molar-refractivity contribution in [3.63, 3.8) is 0 Å². The van der Waals surface area contributed by atoms with E-state index < -0.39 is 6.29 Å². The highest BCUT2D eigenvalue weighted by Crippen LogP contribution is 2.29. The third-order valence-electron chi connectivity index (χ3n) is 5.93. The quantitative estimate of drug-likeness (QED) is 0.408. The Morgan fingerprint density at radius 3 is 2.42 bits per heavy atom. The number of aromatic nitrogens is 2. The van der Waals surface area contributed by atoms with Crippen LogP contribution in [0.5, 0.6) is 0 Å². The van der Waals surface area contributed by atoms with Crippen LogP contribution in [0.3, 0.4) is 0 Å². The number of rotatable bonds is 5. The van der Waals surface area contributed by atoms with Gasteiger partial charge in [-0.25, -0.2) is 9.97 Å². The summed E-state index contributed by atoms with van der Waals surface area (Å²) in [7, 11) is 0. The normalized spacial score (nSPS) is 20.4. The smallest absolute Gasteiger partial charge is 0.227 e. The van der Waals surface area contributed by atoms with Crippen molar-refractivity contribution in [1.29, 1.82) is 0 Å². The lowest BCUT2D eigenvalue weighted by atomic mass is 9.91. The van der Waals surface area contributed by atoms with Gasteiger partial charge in [-0.1, -0.05) is 72.3 Å². The second-order valence-corrected chi connectivity index (χ2v) is 8.70. The summed E-state index contributed by atoms with van der Waals surface area (Å²) in [6, 6.07) is 25.5. The molecule has 0 aliphatic carbocycles. The predicted molar refractivity (Wildman–Crippen MR) is 132 cm³/mol. The molecule has 1 aliphatic heterocycles. The summed E-state index contributed by atoms with van der Waals surface area (Å²) in [5.41, 5.74) is 3.66. The molecule has 5 rings (SSSR count). The minimum atomic E-state index is -0.479. The van der Waals surface area contributed by atoms with Crippen molar-refractivity contribution in [2.24, 2.45) is 5.92 Å². The van der Waals surface area contributed by atoms with E-state index in [4.69, 9.17) is 16.6 Å². The average molecular weight is 458 g/mol. The molecular formula is C26H24ClN5O. The Morgan fingerprint density at radius 2 is 1.70 bits per heavy atom. The molecule has 3 unspecified atom stereocenters. The molecule has 1 aliphatic rings. The second-order valence-electron chi connectivity index (χ2n) is 8.26. The minimum absolute atomic E-state index is 0.00143. The van der Waals surface area contributed by atoms with E-state index in [1.807, 2.05) is 85.8 Å². The van der Waals surface area contributed by atoms with Gasteiger partial charge >= 0.3 is 0 Å². The van der Waals surface area contributed by atoms with E-state index in [-0.39, 0.29) is 17.9 Å². The Bertz CT molecular complexity index is 1280. The lowest BCUT2D eigenvalue weighted by molar-refractivity contribution is -0.128. The third-order valence-corrected chi connectivity index (χ3v) is 6.17. The SMILES string of the molecule is CC1NC(Nc2nc(-c3ccccc3)c3cc(Cl)ccc3n2)NC(=O)C1Cc1ccccc1. The topological polar surface area (TPSA) is 78.9 Å². The number of halogens is 1. The van der Waals surface area contributed by atoms with Crippen molar-refractivity contribution >= 4 is 34.4 Å². The van der Waals surface area contributed by atoms with Crippen LogP contribution in [-0.2, 0) is 11.2 Å². The van der Waals surface area contributed by atoms with Gasteiger partial charge in [0.2, 0.25) is 11.9 Å². The molecule has 1 saturated heterocycles. The van der Waals surface area contributed by atoms with Crippen LogP contribution in [0.4, 0.5) is 5.95 Å². The summed E-state index contributed by atoms with van der Waals surface area (Å²) >= 11 is 6.25. The van der Waals surface area contributed by atoms with Crippen molar-refractivity contribution in [3.8, 4) is 11.3 Å². The van der Waals surface area contributed by atoms with Gasteiger partial charge in [-0.3, -0.25) is 10.1 Å². The lowest BCUT2D eigenvalue weighted by Gasteiger charge is -2.36. The van der Waals surface area contributed by atoms with E-state index in [1.165, 1.54) is 0 Å². The Kier molecular flexibility index (Phi) is 5.94. The fourth-order valence-corrected chi connectivity index (χ4v) is 4.39. The van der Waals surface area contributed by atoms with Crippen molar-refractivity contribution in [3.05, 3.63) is 89.4 Å². The summed E-state index contributed by atoms with van der Waals surface area (Å²) in [5.74, 6) is 0.263. The number of hydrogen-bond acceptors (Lipinski definition) is 5. The second kappa shape index (κ2) is 9.17. The van der Waals surface area contributed by atoms with E-state index in [1.54, 1.807) is 0 Å². The highest BCUT2D eigenvalue weighted by Gasteiger charge is 2.33. The number of benzene rings is 3. The Balaban J connectivity index is 1.39. The molecular weight excluding hydrogens is 434 g/mol. The summed E-state index contributed by atoms with van der Waals surface area (Å²) in [6.45, 7) is 2.03. The molecule has 0 bridgehead atoms. The number of fused-ring (bicyclic) bond motifs is 1. The van der Waals surface area contributed by atoms with E-state index in [9.17, 15) is 4.79 Å². The van der Waals surface area contributed by atoms with Crippen molar-refractivity contribution in [2.45, 2.75) is 25.7 Å².